The first-order valence-corrected chi connectivity index (χ1v) is 10.6. The molecule has 16 heteroatoms. The van der Waals surface area contributed by atoms with E-state index < -0.39 is 118 Å². The number of anilines is 1. The van der Waals surface area contributed by atoms with Gasteiger partial charge in [-0.2, -0.15) is 22.0 Å². The van der Waals surface area contributed by atoms with Crippen LogP contribution in [0.1, 0.15) is 38.5 Å². The lowest BCUT2D eigenvalue weighted by molar-refractivity contribution is -0.135. The van der Waals surface area contributed by atoms with Crippen LogP contribution in [0.4, 0.5) is 71.5 Å². The molecular formula is C22H16F15N. The summed E-state index contributed by atoms with van der Waals surface area (Å²) in [6.07, 6.45) is -11.3. The molecule has 0 bridgehead atoms. The van der Waals surface area contributed by atoms with E-state index in [4.69, 9.17) is 0 Å². The number of benzene rings is 2. The second kappa shape index (κ2) is 11.5. The van der Waals surface area contributed by atoms with E-state index >= 15 is 0 Å². The van der Waals surface area contributed by atoms with Crippen molar-refractivity contribution >= 4 is 5.69 Å². The monoisotopic (exact) mass is 579 g/mol. The summed E-state index contributed by atoms with van der Waals surface area (Å²) in [6, 6.07) is -5.00. The fourth-order valence-electron chi connectivity index (χ4n) is 3.52. The van der Waals surface area contributed by atoms with Gasteiger partial charge in [0.25, 0.3) is 0 Å². The first-order valence-electron chi connectivity index (χ1n) is 10.6. The van der Waals surface area contributed by atoms with Gasteiger partial charge in [-0.3, -0.25) is 0 Å². The number of hydrogen-bond donors (Lipinski definition) is 0. The largest absolute Gasteiger partial charge is 0.389 e. The molecule has 0 saturated heterocycles. The highest BCUT2D eigenvalue weighted by atomic mass is 19.4. The van der Waals surface area contributed by atoms with Crippen molar-refractivity contribution in [2.45, 2.75) is 56.9 Å². The third-order valence-corrected chi connectivity index (χ3v) is 5.53. The third-order valence-electron chi connectivity index (χ3n) is 5.53. The summed E-state index contributed by atoms with van der Waals surface area (Å²) in [6.45, 7) is 0. The van der Waals surface area contributed by atoms with Crippen LogP contribution in [0.3, 0.4) is 0 Å². The standard InChI is InChI=1S/C22H16F15N/c1-38(22(36,37)8(23)6-4-2-3-5-7-21(33,34)35)20-10(13(26)16(29)18(31)19(20)32)9-11(24)14(27)17(30)15(28)12(9)25/h8H,2-7H2,1H3. The van der Waals surface area contributed by atoms with Gasteiger partial charge in [-0.1, -0.05) is 19.3 Å². The van der Waals surface area contributed by atoms with Crippen LogP contribution in [0.15, 0.2) is 0 Å². The zero-order chi connectivity index (χ0) is 29.3. The SMILES string of the molecule is CN(c1c(F)c(F)c(F)c(F)c1-c1c(F)c(F)c(F)c(F)c1F)C(F)(F)C(F)CCCCCCC(F)(F)F. The Morgan fingerprint density at radius 2 is 0.947 bits per heavy atom. The third kappa shape index (κ3) is 6.08. The Balaban J connectivity index is 2.52. The molecule has 0 saturated carbocycles. The molecule has 1 unspecified atom stereocenters. The number of unbranched alkanes of at least 4 members (excludes halogenated alkanes) is 3. The van der Waals surface area contributed by atoms with Crippen LogP contribution >= 0.6 is 0 Å². The molecule has 0 spiro atoms. The molecule has 0 aliphatic carbocycles. The van der Waals surface area contributed by atoms with E-state index in [-0.39, 0.29) is 19.9 Å². The fraction of sp³-hybridized carbons (Fsp3) is 0.455. The minimum atomic E-state index is -5.00. The number of alkyl halides is 6. The van der Waals surface area contributed by atoms with Crippen molar-refractivity contribution in [2.24, 2.45) is 0 Å². The van der Waals surface area contributed by atoms with E-state index in [1.807, 2.05) is 0 Å². The summed E-state index contributed by atoms with van der Waals surface area (Å²) in [5.41, 5.74) is -7.06. The summed E-state index contributed by atoms with van der Waals surface area (Å²) >= 11 is 0. The fourth-order valence-corrected chi connectivity index (χ4v) is 3.52. The van der Waals surface area contributed by atoms with Crippen molar-refractivity contribution in [3.8, 4) is 11.1 Å². The quantitative estimate of drug-likeness (QED) is 0.0894. The van der Waals surface area contributed by atoms with Gasteiger partial charge in [-0.25, -0.2) is 43.9 Å². The maximum Gasteiger partial charge on any atom is 0.389 e. The Morgan fingerprint density at radius 1 is 0.553 bits per heavy atom. The molecule has 0 aliphatic heterocycles. The van der Waals surface area contributed by atoms with Gasteiger partial charge in [0.15, 0.2) is 52.7 Å². The molecule has 0 amide bonds. The molecule has 0 fully saturated rings. The molecular weight excluding hydrogens is 563 g/mol. The molecule has 214 valence electrons. The van der Waals surface area contributed by atoms with Crippen LogP contribution in [-0.2, 0) is 0 Å². The summed E-state index contributed by atoms with van der Waals surface area (Å²) in [7, 11) is 0.0423. The number of nitrogens with zero attached hydrogens (tertiary/aromatic N) is 1. The van der Waals surface area contributed by atoms with Crippen molar-refractivity contribution in [1.82, 2.24) is 0 Å². The lowest BCUT2D eigenvalue weighted by atomic mass is 9.98. The van der Waals surface area contributed by atoms with E-state index in [9.17, 15) is 65.9 Å². The normalized spacial score (nSPS) is 13.3. The molecule has 0 aliphatic rings. The number of hydrogen-bond acceptors (Lipinski definition) is 1. The van der Waals surface area contributed by atoms with Crippen LogP contribution in [0.25, 0.3) is 11.1 Å². The average molecular weight is 579 g/mol. The van der Waals surface area contributed by atoms with Crippen LogP contribution in [-0.4, -0.2) is 25.4 Å². The van der Waals surface area contributed by atoms with Crippen LogP contribution < -0.4 is 4.90 Å². The number of rotatable bonds is 10. The average Bonchev–Trinajstić information content (AvgIpc) is 2.84. The van der Waals surface area contributed by atoms with Crippen LogP contribution in [0.2, 0.25) is 0 Å². The van der Waals surface area contributed by atoms with Crippen LogP contribution in [0.5, 0.6) is 0 Å². The molecule has 1 atom stereocenters. The second-order valence-corrected chi connectivity index (χ2v) is 8.11. The summed E-state index contributed by atoms with van der Waals surface area (Å²) in [4.78, 5) is -0.907. The van der Waals surface area contributed by atoms with Gasteiger partial charge < -0.3 is 4.90 Å². The smallest absolute Gasteiger partial charge is 0.311 e. The Labute approximate surface area is 204 Å². The van der Waals surface area contributed by atoms with Gasteiger partial charge in [-0.15, -0.1) is 0 Å². The zero-order valence-electron chi connectivity index (χ0n) is 18.9. The van der Waals surface area contributed by atoms with E-state index in [0.29, 0.717) is 0 Å². The van der Waals surface area contributed by atoms with Gasteiger partial charge in [0.1, 0.15) is 0 Å². The maximum absolute atomic E-state index is 14.8. The second-order valence-electron chi connectivity index (χ2n) is 8.11. The molecule has 0 heterocycles. The molecule has 2 aromatic rings. The van der Waals surface area contributed by atoms with Crippen molar-refractivity contribution in [1.29, 1.82) is 0 Å². The number of halogens is 15. The summed E-state index contributed by atoms with van der Waals surface area (Å²) in [5, 5.41) is 0. The van der Waals surface area contributed by atoms with Crippen molar-refractivity contribution < 1.29 is 65.9 Å². The van der Waals surface area contributed by atoms with Crippen molar-refractivity contribution in [2.75, 3.05) is 11.9 Å². The molecule has 2 aromatic carbocycles. The van der Waals surface area contributed by atoms with Gasteiger partial charge in [0.05, 0.1) is 16.8 Å². The molecule has 0 aromatic heterocycles. The minimum Gasteiger partial charge on any atom is -0.311 e. The van der Waals surface area contributed by atoms with Gasteiger partial charge in [0, 0.05) is 13.5 Å². The molecule has 0 radical (unpaired) electrons. The Hall–Kier alpha value is -2.81. The Bertz CT molecular complexity index is 1150. The highest BCUT2D eigenvalue weighted by Crippen LogP contribution is 2.45. The van der Waals surface area contributed by atoms with Gasteiger partial charge in [0.2, 0.25) is 5.82 Å². The maximum atomic E-state index is 14.8. The Kier molecular flexibility index (Phi) is 9.52. The molecule has 2 rings (SSSR count). The molecule has 0 N–H and O–H groups in total. The van der Waals surface area contributed by atoms with E-state index in [0.717, 1.165) is 0 Å². The molecule has 38 heavy (non-hydrogen) atoms. The highest BCUT2D eigenvalue weighted by Gasteiger charge is 2.48. The predicted octanol–water partition coefficient (Wildman–Crippen LogP) is 8.88. The highest BCUT2D eigenvalue weighted by molar-refractivity contribution is 5.81. The minimum absolute atomic E-state index is 0.0423. The van der Waals surface area contributed by atoms with Crippen molar-refractivity contribution in [3.05, 3.63) is 52.4 Å². The first kappa shape index (κ1) is 31.4. The Morgan fingerprint density at radius 3 is 1.42 bits per heavy atom. The predicted molar refractivity (Wildman–Crippen MR) is 104 cm³/mol. The summed E-state index contributed by atoms with van der Waals surface area (Å²) in [5.74, 6) is -25.5. The van der Waals surface area contributed by atoms with Crippen LogP contribution in [0, 0.1) is 52.4 Å². The van der Waals surface area contributed by atoms with Gasteiger partial charge in [-0.05, 0) is 12.8 Å². The zero-order valence-corrected chi connectivity index (χ0v) is 18.9. The topological polar surface area (TPSA) is 3.24 Å². The van der Waals surface area contributed by atoms with Gasteiger partial charge >= 0.3 is 12.2 Å². The summed E-state index contributed by atoms with van der Waals surface area (Å²) < 4.78 is 207. The lowest BCUT2D eigenvalue weighted by Gasteiger charge is -2.33. The first-order chi connectivity index (χ1) is 17.4. The molecule has 1 nitrogen and oxygen atoms in total. The van der Waals surface area contributed by atoms with E-state index in [1.165, 1.54) is 0 Å². The van der Waals surface area contributed by atoms with E-state index in [2.05, 4.69) is 0 Å². The van der Waals surface area contributed by atoms with E-state index in [1.54, 1.807) is 0 Å². The van der Waals surface area contributed by atoms with Crippen molar-refractivity contribution in [3.63, 3.8) is 0 Å². The lowest BCUT2D eigenvalue weighted by Crippen LogP contribution is -2.47.